The maximum atomic E-state index is 9.40. The van der Waals surface area contributed by atoms with Crippen LogP contribution >= 0.6 is 0 Å². The molecule has 362 valence electrons. The van der Waals surface area contributed by atoms with Crippen LogP contribution < -0.4 is 0 Å². The van der Waals surface area contributed by atoms with Gasteiger partial charge < -0.3 is 9.98 Å². The maximum Gasteiger partial charge on any atom is 0.123 e. The molecular weight excluding hydrogens is 895 g/mol. The number of benzene rings is 9. The number of unbranched alkanes of at least 4 members (excludes halogenated alkanes) is 3. The number of hydrogen-bond acceptors (Lipinski definition) is 2. The van der Waals surface area contributed by atoms with E-state index in [0.29, 0.717) is 18.6 Å². The van der Waals surface area contributed by atoms with Gasteiger partial charge >= 0.3 is 0 Å². The Bertz CT molecular complexity index is 3670. The van der Waals surface area contributed by atoms with Crippen molar-refractivity contribution in [2.24, 2.45) is 4.99 Å². The van der Waals surface area contributed by atoms with Gasteiger partial charge in [0.2, 0.25) is 0 Å². The Balaban J connectivity index is 1.06. The Kier molecular flexibility index (Phi) is 13.6. The van der Waals surface area contributed by atoms with Crippen molar-refractivity contribution in [1.82, 2.24) is 4.57 Å². The molecule has 3 heteroatoms. The zero-order chi connectivity index (χ0) is 50.6. The van der Waals surface area contributed by atoms with Crippen LogP contribution in [-0.4, -0.2) is 16.0 Å². The van der Waals surface area contributed by atoms with Gasteiger partial charge in [0.05, 0.1) is 16.4 Å². The molecule has 0 bridgehead atoms. The number of nitrogens with zero attached hydrogens (tertiary/aromatic N) is 2. The molecule has 74 heavy (non-hydrogen) atoms. The van der Waals surface area contributed by atoms with Crippen LogP contribution in [0.5, 0.6) is 0 Å². The molecule has 11 rings (SSSR count). The molecule has 10 aromatic rings. The Morgan fingerprint density at radius 1 is 0.541 bits per heavy atom. The van der Waals surface area contributed by atoms with E-state index in [0.717, 1.165) is 51.0 Å². The molecule has 0 saturated carbocycles. The van der Waals surface area contributed by atoms with Crippen LogP contribution in [0.2, 0.25) is 0 Å². The maximum absolute atomic E-state index is 9.40. The minimum atomic E-state index is -0.647. The first-order chi connectivity index (χ1) is 36.3. The Labute approximate surface area is 437 Å². The predicted octanol–water partition coefficient (Wildman–Crippen LogP) is 18.8. The molecule has 0 fully saturated rings. The summed E-state index contributed by atoms with van der Waals surface area (Å²) in [4.78, 5) is 5.77. The van der Waals surface area contributed by atoms with E-state index >= 15 is 0 Å². The highest BCUT2D eigenvalue weighted by Crippen LogP contribution is 2.57. The van der Waals surface area contributed by atoms with Crippen LogP contribution in [0.15, 0.2) is 248 Å². The monoisotopic (exact) mass is 958 g/mol. The third kappa shape index (κ3) is 8.98. The molecule has 0 aliphatic heterocycles. The van der Waals surface area contributed by atoms with Gasteiger partial charge in [0, 0.05) is 22.2 Å². The number of hydrogen-bond donors (Lipinski definition) is 1. The van der Waals surface area contributed by atoms with Crippen LogP contribution in [0, 0.1) is 5.41 Å². The van der Waals surface area contributed by atoms with E-state index in [1.807, 2.05) is 12.1 Å². The lowest BCUT2D eigenvalue weighted by molar-refractivity contribution is 0.611. The zero-order valence-corrected chi connectivity index (χ0v) is 42.7. The van der Waals surface area contributed by atoms with E-state index in [4.69, 9.17) is 11.6 Å². The summed E-state index contributed by atoms with van der Waals surface area (Å²) < 4.78 is 2.45. The van der Waals surface area contributed by atoms with Crippen molar-refractivity contribution in [3.05, 3.63) is 277 Å². The lowest BCUT2D eigenvalue weighted by atomic mass is 9.67. The summed E-state index contributed by atoms with van der Waals surface area (Å²) in [5.41, 5.74) is 20.5. The lowest BCUT2D eigenvalue weighted by Crippen LogP contribution is -2.28. The Hall–Kier alpha value is -8.40. The number of rotatable bonds is 18. The van der Waals surface area contributed by atoms with E-state index in [-0.39, 0.29) is 6.17 Å². The highest BCUT2D eigenvalue weighted by atomic mass is 15.1. The molecule has 0 spiro atoms. The van der Waals surface area contributed by atoms with Gasteiger partial charge in [-0.3, -0.25) is 4.99 Å². The van der Waals surface area contributed by atoms with Gasteiger partial charge in [-0.2, -0.15) is 0 Å². The number of aromatic nitrogens is 1. The molecule has 2 atom stereocenters. The van der Waals surface area contributed by atoms with Crippen molar-refractivity contribution in [2.45, 2.75) is 70.4 Å². The summed E-state index contributed by atoms with van der Waals surface area (Å²) in [6.45, 7) is 13.6. The van der Waals surface area contributed by atoms with Crippen LogP contribution in [0.1, 0.15) is 91.9 Å². The molecule has 1 aliphatic rings. The fraction of sp³-hybridized carbons (Fsp3) is 0.155. The van der Waals surface area contributed by atoms with Crippen molar-refractivity contribution in [2.75, 3.05) is 0 Å². The molecule has 1 aromatic heterocycles. The first-order valence-corrected chi connectivity index (χ1v) is 26.5. The van der Waals surface area contributed by atoms with E-state index in [1.165, 1.54) is 92.1 Å². The zero-order valence-electron chi connectivity index (χ0n) is 42.7. The second kappa shape index (κ2) is 21.0. The van der Waals surface area contributed by atoms with Crippen LogP contribution in [0.4, 0.5) is 0 Å². The van der Waals surface area contributed by atoms with Gasteiger partial charge in [-0.25, -0.2) is 0 Å². The quantitative estimate of drug-likeness (QED) is 0.0506. The van der Waals surface area contributed by atoms with Crippen molar-refractivity contribution in [1.29, 1.82) is 5.41 Å². The van der Waals surface area contributed by atoms with Gasteiger partial charge in [-0.15, -0.1) is 0 Å². The number of fused-ring (bicyclic) bond motifs is 6. The number of allylic oxidation sites excluding steroid dienone is 2. The summed E-state index contributed by atoms with van der Waals surface area (Å²) in [6.07, 6.45) is 8.93. The standard InChI is InChI=1S/C71H63N3/c1-5-7-8-12-21-51-30-32-56(33-31-51)59-42-45-69-63(46-59)64-47-62-61-28-19-20-29-65(61)71(49(3)6-2,60-26-17-11-18-27-60)66(62)48-70(64)74(69)50(4)73-68(58-40-36-55(37-41-58)53-24-15-10-16-25-53)44-43-67(72)57-38-34-54(35-39-57)52-22-13-9-14-23-52/h6,9-11,13-20,22-42,45-48,50,72H,2-3,5,7-8,12,21,43-44H2,1,4H3. The molecule has 3 nitrogen and oxygen atoms in total. The van der Waals surface area contributed by atoms with Crippen LogP contribution in [0.25, 0.3) is 66.3 Å². The highest BCUT2D eigenvalue weighted by Gasteiger charge is 2.46. The normalized spacial score (nSPS) is 14.4. The van der Waals surface area contributed by atoms with Gasteiger partial charge in [-0.1, -0.05) is 240 Å². The van der Waals surface area contributed by atoms with Gasteiger partial charge in [0.1, 0.15) is 6.17 Å². The molecule has 9 aromatic carbocycles. The van der Waals surface area contributed by atoms with Crippen LogP contribution in [-0.2, 0) is 11.8 Å². The van der Waals surface area contributed by atoms with Crippen molar-refractivity contribution in [3.63, 3.8) is 0 Å². The second-order valence-corrected chi connectivity index (χ2v) is 20.0. The average molecular weight is 958 g/mol. The number of nitrogens with one attached hydrogen (secondary N) is 1. The van der Waals surface area contributed by atoms with Crippen LogP contribution in [0.3, 0.4) is 0 Å². The highest BCUT2D eigenvalue weighted by molar-refractivity contribution is 6.12. The molecule has 0 radical (unpaired) electrons. The molecule has 1 aliphatic carbocycles. The summed E-state index contributed by atoms with van der Waals surface area (Å²) in [7, 11) is 0. The third-order valence-corrected chi connectivity index (χ3v) is 15.5. The largest absolute Gasteiger partial charge is 0.318 e. The molecule has 2 unspecified atom stereocenters. The minimum Gasteiger partial charge on any atom is -0.318 e. The van der Waals surface area contributed by atoms with Gasteiger partial charge in [-0.05, 0) is 140 Å². The van der Waals surface area contributed by atoms with Crippen molar-refractivity contribution in [3.8, 4) is 44.5 Å². The fourth-order valence-corrected chi connectivity index (χ4v) is 11.6. The summed E-state index contributed by atoms with van der Waals surface area (Å²) in [5.74, 6) is 0. The van der Waals surface area contributed by atoms with Gasteiger partial charge in [0.15, 0.2) is 0 Å². The molecule has 0 saturated heterocycles. The van der Waals surface area contributed by atoms with E-state index in [2.05, 4.69) is 237 Å². The summed E-state index contributed by atoms with van der Waals surface area (Å²) >= 11 is 0. The predicted molar refractivity (Wildman–Crippen MR) is 315 cm³/mol. The average Bonchev–Trinajstić information content (AvgIpc) is 3.95. The molecular formula is C71H63N3. The third-order valence-electron chi connectivity index (χ3n) is 15.5. The Morgan fingerprint density at radius 3 is 1.74 bits per heavy atom. The fourth-order valence-electron chi connectivity index (χ4n) is 11.6. The number of aryl methyl sites for hydroxylation is 1. The smallest absolute Gasteiger partial charge is 0.123 e. The van der Waals surface area contributed by atoms with E-state index < -0.39 is 5.41 Å². The minimum absolute atomic E-state index is 0.313. The van der Waals surface area contributed by atoms with E-state index in [9.17, 15) is 5.41 Å². The summed E-state index contributed by atoms with van der Waals surface area (Å²) in [6, 6.07) is 79.0. The van der Waals surface area contributed by atoms with Gasteiger partial charge in [0.25, 0.3) is 0 Å². The van der Waals surface area contributed by atoms with Crippen molar-refractivity contribution >= 4 is 33.2 Å². The first kappa shape index (κ1) is 47.9. The number of aliphatic imine (C=N–C) groups is 1. The molecule has 1 heterocycles. The molecule has 1 N–H and O–H groups in total. The topological polar surface area (TPSA) is 41.1 Å². The van der Waals surface area contributed by atoms with Crippen molar-refractivity contribution < 1.29 is 0 Å². The SMILES string of the molecule is C=CC(=C)C1(c2ccccc2)c2ccccc2-c2cc3c4cc(-c5ccc(CCCCCC)cc5)ccc4n(C(C)N=C(CCC(=N)c4ccc(-c5ccccc5)cc4)c4ccc(-c5ccccc5)cc4)c3cc21. The second-order valence-electron chi connectivity index (χ2n) is 20.0. The first-order valence-electron chi connectivity index (χ1n) is 26.5. The Morgan fingerprint density at radius 2 is 1.09 bits per heavy atom. The van der Waals surface area contributed by atoms with E-state index in [1.54, 1.807) is 0 Å². The summed E-state index contributed by atoms with van der Waals surface area (Å²) in [5, 5.41) is 11.8. The lowest BCUT2D eigenvalue weighted by Gasteiger charge is -2.34. The molecule has 0 amide bonds.